The highest BCUT2D eigenvalue weighted by atomic mass is 35.5. The molecule has 0 saturated carbocycles. The van der Waals surface area contributed by atoms with E-state index in [9.17, 15) is 0 Å². The van der Waals surface area contributed by atoms with E-state index in [4.69, 9.17) is 21.3 Å². The molecule has 1 aliphatic rings. The van der Waals surface area contributed by atoms with Gasteiger partial charge in [-0.1, -0.05) is 61.1 Å². The molecule has 4 aromatic rings. The molecule has 4 heterocycles. The minimum atomic E-state index is 0.234. The van der Waals surface area contributed by atoms with Gasteiger partial charge in [0.05, 0.1) is 18.1 Å². The lowest BCUT2D eigenvalue weighted by molar-refractivity contribution is 0.00203. The third-order valence-electron chi connectivity index (χ3n) is 5.36. The van der Waals surface area contributed by atoms with Crippen LogP contribution in [0.1, 0.15) is 29.9 Å². The van der Waals surface area contributed by atoms with Gasteiger partial charge in [0.1, 0.15) is 4.83 Å². The van der Waals surface area contributed by atoms with Gasteiger partial charge in [0.25, 0.3) is 0 Å². The van der Waals surface area contributed by atoms with Gasteiger partial charge in [0.2, 0.25) is 0 Å². The van der Waals surface area contributed by atoms with Crippen molar-refractivity contribution in [3.63, 3.8) is 0 Å². The topological polar surface area (TPSA) is 52.3 Å². The molecule has 0 saturated heterocycles. The van der Waals surface area contributed by atoms with Gasteiger partial charge in [0, 0.05) is 22.1 Å². The van der Waals surface area contributed by atoms with Gasteiger partial charge in [-0.2, -0.15) is 0 Å². The minimum Gasteiger partial charge on any atom is -0.372 e. The van der Waals surface area contributed by atoms with Crippen molar-refractivity contribution >= 4 is 62.3 Å². The standard InChI is InChI=1S/C21H21ClN4OS3/c1-11(2)15-8-14-16(9-27-15)30-19-17(14)18-24-25-21(26(18)20(23-19)28-3)29-10-12-4-6-13(22)7-5-12/h4-7,11,15H,8-10H2,1-3H3/t15-/m0/s1. The summed E-state index contributed by atoms with van der Waals surface area (Å²) in [6, 6.07) is 7.93. The molecule has 0 fully saturated rings. The Bertz CT molecular complexity index is 1220. The highest BCUT2D eigenvalue weighted by Gasteiger charge is 2.28. The number of fused-ring (bicyclic) bond motifs is 5. The van der Waals surface area contributed by atoms with Crippen LogP contribution in [0.25, 0.3) is 15.9 Å². The largest absolute Gasteiger partial charge is 0.372 e. The summed E-state index contributed by atoms with van der Waals surface area (Å²) in [5.41, 5.74) is 3.45. The minimum absolute atomic E-state index is 0.234. The van der Waals surface area contributed by atoms with Crippen LogP contribution >= 0.6 is 46.5 Å². The zero-order chi connectivity index (χ0) is 20.8. The normalized spacial score (nSPS) is 16.6. The molecule has 0 amide bonds. The lowest BCUT2D eigenvalue weighted by Gasteiger charge is -2.26. The van der Waals surface area contributed by atoms with Crippen LogP contribution < -0.4 is 0 Å². The molecule has 0 N–H and O–H groups in total. The second kappa shape index (κ2) is 8.31. The number of hydrogen-bond donors (Lipinski definition) is 0. The fourth-order valence-electron chi connectivity index (χ4n) is 3.71. The fourth-order valence-corrected chi connectivity index (χ4v) is 6.50. The van der Waals surface area contributed by atoms with E-state index in [1.807, 2.05) is 30.5 Å². The van der Waals surface area contributed by atoms with E-state index in [0.29, 0.717) is 12.5 Å². The molecule has 1 aliphatic heterocycles. The van der Waals surface area contributed by atoms with Crippen molar-refractivity contribution in [3.8, 4) is 0 Å². The summed E-state index contributed by atoms with van der Waals surface area (Å²) in [7, 11) is 0. The monoisotopic (exact) mass is 476 g/mol. The molecule has 3 aromatic heterocycles. The van der Waals surface area contributed by atoms with Crippen molar-refractivity contribution in [2.45, 2.75) is 49.0 Å². The molecule has 1 aromatic carbocycles. The van der Waals surface area contributed by atoms with Crippen LogP contribution in [0.15, 0.2) is 34.6 Å². The summed E-state index contributed by atoms with van der Waals surface area (Å²) in [6.45, 7) is 5.09. The van der Waals surface area contributed by atoms with Gasteiger partial charge in [0.15, 0.2) is 16.0 Å². The van der Waals surface area contributed by atoms with E-state index in [0.717, 1.165) is 43.4 Å². The maximum absolute atomic E-state index is 6.09. The van der Waals surface area contributed by atoms with Crippen LogP contribution in [0.4, 0.5) is 0 Å². The molecule has 9 heteroatoms. The summed E-state index contributed by atoms with van der Waals surface area (Å²) in [5, 5.41) is 12.8. The van der Waals surface area contributed by atoms with Gasteiger partial charge >= 0.3 is 0 Å². The Labute approximate surface area is 192 Å². The van der Waals surface area contributed by atoms with Crippen LogP contribution in [-0.2, 0) is 23.5 Å². The predicted octanol–water partition coefficient (Wildman–Crippen LogP) is 6.10. The summed E-state index contributed by atoms with van der Waals surface area (Å²) >= 11 is 11.0. The quantitative estimate of drug-likeness (QED) is 0.256. The molecule has 5 nitrogen and oxygen atoms in total. The van der Waals surface area contributed by atoms with Crippen LogP contribution in [0.5, 0.6) is 0 Å². The van der Waals surface area contributed by atoms with Crippen LogP contribution in [0.3, 0.4) is 0 Å². The third kappa shape index (κ3) is 3.62. The number of hydrogen-bond acceptors (Lipinski definition) is 7. The molecule has 0 unspecified atom stereocenters. The highest BCUT2D eigenvalue weighted by Crippen LogP contribution is 2.40. The van der Waals surface area contributed by atoms with E-state index >= 15 is 0 Å². The molecule has 0 aliphatic carbocycles. The average Bonchev–Trinajstić information content (AvgIpc) is 3.33. The first-order valence-electron chi connectivity index (χ1n) is 9.77. The van der Waals surface area contributed by atoms with Gasteiger partial charge in [-0.25, -0.2) is 9.38 Å². The Kier molecular flexibility index (Phi) is 5.70. The van der Waals surface area contributed by atoms with E-state index in [1.54, 1.807) is 34.9 Å². The number of halogens is 1. The van der Waals surface area contributed by atoms with Gasteiger partial charge < -0.3 is 4.74 Å². The Morgan fingerprint density at radius 1 is 1.23 bits per heavy atom. The molecule has 1 atom stereocenters. The maximum atomic E-state index is 6.09. The highest BCUT2D eigenvalue weighted by molar-refractivity contribution is 7.99. The molecule has 30 heavy (non-hydrogen) atoms. The molecule has 0 bridgehead atoms. The first kappa shape index (κ1) is 20.6. The van der Waals surface area contributed by atoms with Crippen LogP contribution in [0, 0.1) is 5.92 Å². The Morgan fingerprint density at radius 2 is 2.03 bits per heavy atom. The molecular weight excluding hydrogens is 456 g/mol. The van der Waals surface area contributed by atoms with Crippen molar-refractivity contribution < 1.29 is 4.74 Å². The predicted molar refractivity (Wildman–Crippen MR) is 126 cm³/mol. The third-order valence-corrected chi connectivity index (χ3v) is 8.35. The van der Waals surface area contributed by atoms with Crippen molar-refractivity contribution in [2.24, 2.45) is 5.92 Å². The number of aromatic nitrogens is 4. The molecule has 156 valence electrons. The smallest absolute Gasteiger partial charge is 0.198 e. The van der Waals surface area contributed by atoms with Crippen molar-refractivity contribution in [1.82, 2.24) is 19.6 Å². The molecular formula is C21H21ClN4OS3. The summed E-state index contributed by atoms with van der Waals surface area (Å²) in [5.74, 6) is 1.28. The summed E-state index contributed by atoms with van der Waals surface area (Å²) in [4.78, 5) is 7.28. The number of benzene rings is 1. The zero-order valence-corrected chi connectivity index (χ0v) is 20.1. The van der Waals surface area contributed by atoms with E-state index in [1.165, 1.54) is 16.0 Å². The van der Waals surface area contributed by atoms with Gasteiger partial charge in [-0.3, -0.25) is 0 Å². The molecule has 0 spiro atoms. The second-order valence-corrected chi connectivity index (χ2v) is 10.9. The number of nitrogens with zero attached hydrogens (tertiary/aromatic N) is 4. The molecule has 0 radical (unpaired) electrons. The number of thioether (sulfide) groups is 2. The second-order valence-electron chi connectivity index (χ2n) is 7.64. The first-order chi connectivity index (χ1) is 14.5. The van der Waals surface area contributed by atoms with Crippen LogP contribution in [-0.4, -0.2) is 31.9 Å². The Balaban J connectivity index is 1.58. The summed E-state index contributed by atoms with van der Waals surface area (Å²) < 4.78 is 8.20. The van der Waals surface area contributed by atoms with Gasteiger partial charge in [-0.15, -0.1) is 21.5 Å². The van der Waals surface area contributed by atoms with Crippen LogP contribution in [0.2, 0.25) is 5.02 Å². The zero-order valence-electron chi connectivity index (χ0n) is 16.9. The van der Waals surface area contributed by atoms with Crippen molar-refractivity contribution in [2.75, 3.05) is 6.26 Å². The lowest BCUT2D eigenvalue weighted by Crippen LogP contribution is -2.26. The number of rotatable bonds is 5. The van der Waals surface area contributed by atoms with Crippen molar-refractivity contribution in [3.05, 3.63) is 45.3 Å². The Morgan fingerprint density at radius 3 is 2.77 bits per heavy atom. The van der Waals surface area contributed by atoms with Gasteiger partial charge in [-0.05, 0) is 35.4 Å². The molecule has 5 rings (SSSR count). The number of ether oxygens (including phenoxy) is 1. The number of thiophene rings is 1. The maximum Gasteiger partial charge on any atom is 0.198 e. The average molecular weight is 477 g/mol. The van der Waals surface area contributed by atoms with E-state index in [-0.39, 0.29) is 6.10 Å². The summed E-state index contributed by atoms with van der Waals surface area (Å²) in [6.07, 6.45) is 3.19. The lowest BCUT2D eigenvalue weighted by atomic mass is 9.96. The van der Waals surface area contributed by atoms with E-state index in [2.05, 4.69) is 28.4 Å². The SMILES string of the molecule is CSc1nc2sc3c(c2c2nnc(SCc4ccc(Cl)cc4)n12)C[C@@H](C(C)C)OC3. The fraction of sp³-hybridized carbons (Fsp3) is 0.381. The van der Waals surface area contributed by atoms with Crippen molar-refractivity contribution in [1.29, 1.82) is 0 Å². The Hall–Kier alpha value is -1.32. The van der Waals surface area contributed by atoms with E-state index < -0.39 is 0 Å². The first-order valence-corrected chi connectivity index (χ1v) is 13.2.